The van der Waals surface area contributed by atoms with Gasteiger partial charge in [0.2, 0.25) is 0 Å². The largest absolute Gasteiger partial charge is 0.291 e. The highest BCUT2D eigenvalue weighted by atomic mass is 15.1. The molecule has 0 spiro atoms. The van der Waals surface area contributed by atoms with Crippen molar-refractivity contribution >= 4 is 0 Å². The lowest BCUT2D eigenvalue weighted by molar-refractivity contribution is 0.369. The van der Waals surface area contributed by atoms with Crippen molar-refractivity contribution in [1.29, 1.82) is 0 Å². The predicted octanol–water partition coefficient (Wildman–Crippen LogP) is 5.23. The highest BCUT2D eigenvalue weighted by molar-refractivity contribution is 5.41. The second-order valence-electron chi connectivity index (χ2n) is 4.80. The molecule has 0 aliphatic rings. The maximum Gasteiger partial charge on any atom is 0.0605 e. The summed E-state index contributed by atoms with van der Waals surface area (Å²) in [4.78, 5) is 2.21. The molecule has 0 N–H and O–H groups in total. The molecule has 1 aromatic carbocycles. The zero-order chi connectivity index (χ0) is 16.8. The van der Waals surface area contributed by atoms with Crippen molar-refractivity contribution in [3.8, 4) is 11.8 Å². The normalized spacial score (nSPS) is 11.2. The second kappa shape index (κ2) is 12.7. The molecule has 0 atom stereocenters. The first-order valence-electron chi connectivity index (χ1n) is 7.84. The first-order chi connectivity index (χ1) is 10.7. The van der Waals surface area contributed by atoms with E-state index in [0.29, 0.717) is 0 Å². The molecule has 0 aromatic heterocycles. The van der Waals surface area contributed by atoms with Crippen LogP contribution in [0.3, 0.4) is 0 Å². The van der Waals surface area contributed by atoms with E-state index in [9.17, 15) is 0 Å². The van der Waals surface area contributed by atoms with Crippen LogP contribution in [-0.4, -0.2) is 18.5 Å². The first-order valence-corrected chi connectivity index (χ1v) is 7.84. The number of nitrogens with zero attached hydrogens (tertiary/aromatic N) is 1. The van der Waals surface area contributed by atoms with Gasteiger partial charge in [-0.25, -0.2) is 0 Å². The van der Waals surface area contributed by atoms with Crippen molar-refractivity contribution in [3.05, 3.63) is 71.8 Å². The van der Waals surface area contributed by atoms with E-state index in [2.05, 4.69) is 60.7 Å². The molecule has 1 heteroatoms. The molecule has 0 aliphatic heterocycles. The van der Waals surface area contributed by atoms with E-state index in [-0.39, 0.29) is 0 Å². The van der Waals surface area contributed by atoms with Crippen LogP contribution in [0.5, 0.6) is 0 Å². The van der Waals surface area contributed by atoms with E-state index in [0.717, 1.165) is 24.2 Å². The SMILES string of the molecule is C=C/C(C)=C\C(C#CCN(C)Cc1ccccc1)=C/C.CC. The molecule has 22 heavy (non-hydrogen) atoms. The Morgan fingerprint density at radius 1 is 1.23 bits per heavy atom. The van der Waals surface area contributed by atoms with E-state index in [1.54, 1.807) is 0 Å². The van der Waals surface area contributed by atoms with Gasteiger partial charge in [0.05, 0.1) is 6.54 Å². The summed E-state index contributed by atoms with van der Waals surface area (Å²) < 4.78 is 0. The maximum absolute atomic E-state index is 3.75. The molecule has 0 radical (unpaired) electrons. The van der Waals surface area contributed by atoms with E-state index in [4.69, 9.17) is 0 Å². The molecule has 0 saturated carbocycles. The standard InChI is InChI=1S/C19H23N.C2H6/c1-5-17(3)15-18(6-2)13-10-14-20(4)16-19-11-8-7-9-12-19;1-2/h5-9,11-12,15H,1,14,16H2,2-4H3;1-2H3/b17-15-,18-6-;. The molecule has 0 unspecified atom stereocenters. The molecule has 118 valence electrons. The summed E-state index contributed by atoms with van der Waals surface area (Å²) in [6, 6.07) is 10.4. The zero-order valence-electron chi connectivity index (χ0n) is 14.7. The number of hydrogen-bond donors (Lipinski definition) is 0. The number of benzene rings is 1. The fourth-order valence-electron chi connectivity index (χ4n) is 1.72. The van der Waals surface area contributed by atoms with Gasteiger partial charge in [-0.15, -0.1) is 0 Å². The molecule has 0 fully saturated rings. The fourth-order valence-corrected chi connectivity index (χ4v) is 1.72. The summed E-state index contributed by atoms with van der Waals surface area (Å²) >= 11 is 0. The highest BCUT2D eigenvalue weighted by Gasteiger charge is 1.96. The third-order valence-electron chi connectivity index (χ3n) is 2.89. The van der Waals surface area contributed by atoms with Crippen LogP contribution in [0.25, 0.3) is 0 Å². The molecule has 0 amide bonds. The van der Waals surface area contributed by atoms with E-state index < -0.39 is 0 Å². The van der Waals surface area contributed by atoms with Gasteiger partial charge in [-0.3, -0.25) is 4.90 Å². The van der Waals surface area contributed by atoms with Gasteiger partial charge >= 0.3 is 0 Å². The molecule has 1 aromatic rings. The van der Waals surface area contributed by atoms with Crippen LogP contribution >= 0.6 is 0 Å². The summed E-state index contributed by atoms with van der Waals surface area (Å²) in [5.41, 5.74) is 3.48. The first kappa shape index (κ1) is 20.0. The fraction of sp³-hybridized carbons (Fsp3) is 0.333. The Kier molecular flexibility index (Phi) is 11.5. The van der Waals surface area contributed by atoms with Gasteiger partial charge in [-0.05, 0) is 32.5 Å². The number of rotatable bonds is 5. The summed E-state index contributed by atoms with van der Waals surface area (Å²) in [7, 11) is 2.09. The molecular formula is C21H29N. The van der Waals surface area contributed by atoms with E-state index in [1.165, 1.54) is 5.56 Å². The average molecular weight is 295 g/mol. The lowest BCUT2D eigenvalue weighted by Gasteiger charge is -2.12. The third-order valence-corrected chi connectivity index (χ3v) is 2.89. The summed E-state index contributed by atoms with van der Waals surface area (Å²) in [5.74, 6) is 6.41. The molecule has 1 rings (SSSR count). The third kappa shape index (κ3) is 9.00. The monoisotopic (exact) mass is 295 g/mol. The van der Waals surface area contributed by atoms with Gasteiger partial charge < -0.3 is 0 Å². The molecule has 1 nitrogen and oxygen atoms in total. The molecule has 0 aliphatic carbocycles. The van der Waals surface area contributed by atoms with Gasteiger partial charge in [-0.2, -0.15) is 0 Å². The van der Waals surface area contributed by atoms with Crippen LogP contribution in [0.2, 0.25) is 0 Å². The molecule has 0 heterocycles. The van der Waals surface area contributed by atoms with Crippen LogP contribution in [0.15, 0.2) is 66.3 Å². The lowest BCUT2D eigenvalue weighted by Crippen LogP contribution is -2.17. The highest BCUT2D eigenvalue weighted by Crippen LogP contribution is 2.03. The van der Waals surface area contributed by atoms with Gasteiger partial charge in [0, 0.05) is 12.1 Å². The smallest absolute Gasteiger partial charge is 0.0605 e. The van der Waals surface area contributed by atoms with Gasteiger partial charge in [0.1, 0.15) is 0 Å². The molecular weight excluding hydrogens is 266 g/mol. The van der Waals surface area contributed by atoms with Crippen LogP contribution in [0.4, 0.5) is 0 Å². The summed E-state index contributed by atoms with van der Waals surface area (Å²) in [6.07, 6.45) is 5.92. The second-order valence-corrected chi connectivity index (χ2v) is 4.80. The molecule has 0 bridgehead atoms. The Morgan fingerprint density at radius 2 is 1.86 bits per heavy atom. The lowest BCUT2D eigenvalue weighted by atomic mass is 10.1. The summed E-state index contributed by atoms with van der Waals surface area (Å²) in [6.45, 7) is 13.5. The van der Waals surface area contributed by atoms with Crippen molar-refractivity contribution in [2.75, 3.05) is 13.6 Å². The minimum Gasteiger partial charge on any atom is -0.291 e. The van der Waals surface area contributed by atoms with Gasteiger partial charge in [0.25, 0.3) is 0 Å². The summed E-state index contributed by atoms with van der Waals surface area (Å²) in [5, 5.41) is 0. The Hall–Kier alpha value is -2.04. The van der Waals surface area contributed by atoms with Crippen LogP contribution in [0.1, 0.15) is 33.3 Å². The van der Waals surface area contributed by atoms with Crippen molar-refractivity contribution < 1.29 is 0 Å². The van der Waals surface area contributed by atoms with Crippen LogP contribution in [-0.2, 0) is 6.54 Å². The topological polar surface area (TPSA) is 3.24 Å². The Balaban J connectivity index is 0.00000211. The Bertz CT molecular complexity index is 538. The van der Waals surface area contributed by atoms with Crippen molar-refractivity contribution in [1.82, 2.24) is 4.90 Å². The van der Waals surface area contributed by atoms with E-state index in [1.807, 2.05) is 45.9 Å². The zero-order valence-corrected chi connectivity index (χ0v) is 14.7. The van der Waals surface area contributed by atoms with Crippen molar-refractivity contribution in [2.24, 2.45) is 0 Å². The van der Waals surface area contributed by atoms with Crippen molar-refractivity contribution in [2.45, 2.75) is 34.2 Å². The maximum atomic E-state index is 3.75. The minimum absolute atomic E-state index is 0.757. The van der Waals surface area contributed by atoms with Crippen LogP contribution < -0.4 is 0 Å². The quantitative estimate of drug-likeness (QED) is 0.531. The van der Waals surface area contributed by atoms with Crippen LogP contribution in [0, 0.1) is 11.8 Å². The Morgan fingerprint density at radius 3 is 2.41 bits per heavy atom. The number of allylic oxidation sites excluding steroid dienone is 5. The van der Waals surface area contributed by atoms with Gasteiger partial charge in [-0.1, -0.05) is 80.3 Å². The van der Waals surface area contributed by atoms with E-state index >= 15 is 0 Å². The van der Waals surface area contributed by atoms with Gasteiger partial charge in [0.15, 0.2) is 0 Å². The molecule has 0 saturated heterocycles. The Labute approximate surface area is 137 Å². The predicted molar refractivity (Wildman–Crippen MR) is 99.6 cm³/mol. The number of hydrogen-bond acceptors (Lipinski definition) is 1. The average Bonchev–Trinajstić information content (AvgIpc) is 2.56. The minimum atomic E-state index is 0.757. The van der Waals surface area contributed by atoms with Crippen molar-refractivity contribution in [3.63, 3.8) is 0 Å².